The molecule has 0 aliphatic carbocycles. The Morgan fingerprint density at radius 1 is 1.20 bits per heavy atom. The molecule has 1 aromatic carbocycles. The Morgan fingerprint density at radius 3 is 2.30 bits per heavy atom. The first-order chi connectivity index (χ1) is 4.61. The summed E-state index contributed by atoms with van der Waals surface area (Å²) in [5.74, 6) is -0.116. The van der Waals surface area contributed by atoms with Crippen molar-refractivity contribution in [2.24, 2.45) is 0 Å². The first kappa shape index (κ1) is 6.93. The van der Waals surface area contributed by atoms with Crippen LogP contribution < -0.4 is 5.11 Å². The molecule has 0 aliphatic rings. The summed E-state index contributed by atoms with van der Waals surface area (Å²) in [6.45, 7) is 3.28. The minimum Gasteiger partial charge on any atom is -0.872 e. The molecule has 0 bridgehead atoms. The van der Waals surface area contributed by atoms with Crippen molar-refractivity contribution in [3.05, 3.63) is 23.3 Å². The van der Waals surface area contributed by atoms with Gasteiger partial charge < -0.3 is 5.11 Å². The second-order valence-electron chi connectivity index (χ2n) is 2.38. The van der Waals surface area contributed by atoms with Gasteiger partial charge in [0.25, 0.3) is 0 Å². The van der Waals surface area contributed by atoms with Gasteiger partial charge in [0.15, 0.2) is 5.75 Å². The minimum atomic E-state index is -0.0582. The molecule has 10 heavy (non-hydrogen) atoms. The van der Waals surface area contributed by atoms with Crippen LogP contribution in [0.1, 0.15) is 11.1 Å². The van der Waals surface area contributed by atoms with Gasteiger partial charge in [-0.2, -0.15) is 0 Å². The average molecular weight is 136 g/mol. The van der Waals surface area contributed by atoms with Gasteiger partial charge in [0, 0.05) is 0 Å². The van der Waals surface area contributed by atoms with Gasteiger partial charge in [-0.15, -0.1) is 5.75 Å². The maximum absolute atomic E-state index is 10.9. The van der Waals surface area contributed by atoms with Crippen LogP contribution in [0.15, 0.2) is 12.1 Å². The quantitative estimate of drug-likeness (QED) is 0.533. The lowest BCUT2D eigenvalue weighted by Gasteiger charge is -2.09. The van der Waals surface area contributed by atoms with E-state index in [0.29, 0.717) is 11.1 Å². The third-order valence-electron chi connectivity index (χ3n) is 1.47. The monoisotopic (exact) mass is 136 g/mol. The molecule has 0 aromatic heterocycles. The van der Waals surface area contributed by atoms with E-state index in [-0.39, 0.29) is 11.5 Å². The van der Waals surface area contributed by atoms with Gasteiger partial charge in [-0.3, -0.25) is 5.11 Å². The van der Waals surface area contributed by atoms with Crippen molar-refractivity contribution < 1.29 is 10.2 Å². The molecule has 0 saturated heterocycles. The van der Waals surface area contributed by atoms with E-state index >= 15 is 0 Å². The SMILES string of the molecule is Cc1cc([O-])c(C)cc1[O]. The molecule has 2 nitrogen and oxygen atoms in total. The number of hydrogen-bond donors (Lipinski definition) is 0. The molecule has 0 saturated carbocycles. The van der Waals surface area contributed by atoms with Crippen LogP contribution in [0.5, 0.6) is 11.5 Å². The first-order valence-corrected chi connectivity index (χ1v) is 3.06. The van der Waals surface area contributed by atoms with E-state index < -0.39 is 0 Å². The summed E-state index contributed by atoms with van der Waals surface area (Å²) in [6.07, 6.45) is 0. The van der Waals surface area contributed by atoms with Crippen LogP contribution in [0, 0.1) is 13.8 Å². The lowest BCUT2D eigenvalue weighted by Crippen LogP contribution is -1.93. The number of rotatable bonds is 0. The van der Waals surface area contributed by atoms with E-state index in [1.54, 1.807) is 13.8 Å². The Balaban J connectivity index is 3.28. The molecule has 0 N–H and O–H groups in total. The molecular weight excluding hydrogens is 128 g/mol. The van der Waals surface area contributed by atoms with Gasteiger partial charge >= 0.3 is 0 Å². The predicted octanol–water partition coefficient (Wildman–Crippen LogP) is 1.52. The topological polar surface area (TPSA) is 43.0 Å². The molecule has 0 atom stereocenters. The number of hydrogen-bond acceptors (Lipinski definition) is 1. The maximum Gasteiger partial charge on any atom is 0.181 e. The lowest BCUT2D eigenvalue weighted by molar-refractivity contribution is -0.269. The Bertz CT molecular complexity index is 203. The molecule has 0 amide bonds. The van der Waals surface area contributed by atoms with Gasteiger partial charge in [-0.1, -0.05) is 11.6 Å². The molecule has 1 aromatic rings. The zero-order chi connectivity index (χ0) is 7.72. The molecule has 0 fully saturated rings. The Kier molecular flexibility index (Phi) is 1.53. The van der Waals surface area contributed by atoms with E-state index in [4.69, 9.17) is 0 Å². The second kappa shape index (κ2) is 2.21. The van der Waals surface area contributed by atoms with Gasteiger partial charge in [-0.25, -0.2) is 0 Å². The minimum absolute atomic E-state index is 0.0582. The van der Waals surface area contributed by atoms with Crippen LogP contribution in [-0.4, -0.2) is 0 Å². The van der Waals surface area contributed by atoms with Crippen LogP contribution in [0.4, 0.5) is 0 Å². The molecule has 53 valence electrons. The largest absolute Gasteiger partial charge is 0.872 e. The van der Waals surface area contributed by atoms with Crippen molar-refractivity contribution in [2.75, 3.05) is 0 Å². The summed E-state index contributed by atoms with van der Waals surface area (Å²) in [6, 6.07) is 2.75. The van der Waals surface area contributed by atoms with Crippen LogP contribution >= 0.6 is 0 Å². The van der Waals surface area contributed by atoms with E-state index in [1.165, 1.54) is 12.1 Å². The number of benzene rings is 1. The molecule has 1 radical (unpaired) electrons. The van der Waals surface area contributed by atoms with Crippen LogP contribution in [-0.2, 0) is 5.11 Å². The average Bonchev–Trinajstić information content (AvgIpc) is 1.84. The Labute approximate surface area is 59.7 Å². The molecular formula is C8H8O2-. The third kappa shape index (κ3) is 1.05. The third-order valence-corrected chi connectivity index (χ3v) is 1.47. The highest BCUT2D eigenvalue weighted by molar-refractivity contribution is 5.42. The summed E-state index contributed by atoms with van der Waals surface area (Å²) in [5, 5.41) is 21.7. The first-order valence-electron chi connectivity index (χ1n) is 3.06. The summed E-state index contributed by atoms with van der Waals surface area (Å²) in [7, 11) is 0. The van der Waals surface area contributed by atoms with Crippen LogP contribution in [0.2, 0.25) is 0 Å². The van der Waals surface area contributed by atoms with E-state index in [0.717, 1.165) is 0 Å². The zero-order valence-corrected chi connectivity index (χ0v) is 5.97. The van der Waals surface area contributed by atoms with Gasteiger partial charge in [0.1, 0.15) is 0 Å². The van der Waals surface area contributed by atoms with Crippen LogP contribution in [0.3, 0.4) is 0 Å². The summed E-state index contributed by atoms with van der Waals surface area (Å²) >= 11 is 0. The van der Waals surface area contributed by atoms with Crippen molar-refractivity contribution in [2.45, 2.75) is 13.8 Å². The van der Waals surface area contributed by atoms with Crippen molar-refractivity contribution >= 4 is 0 Å². The fraction of sp³-hybridized carbons (Fsp3) is 0.250. The van der Waals surface area contributed by atoms with Gasteiger partial charge in [-0.05, 0) is 25.5 Å². The van der Waals surface area contributed by atoms with Gasteiger partial charge in [0.2, 0.25) is 0 Å². The predicted molar refractivity (Wildman–Crippen MR) is 35.5 cm³/mol. The highest BCUT2D eigenvalue weighted by atomic mass is 16.3. The van der Waals surface area contributed by atoms with Crippen molar-refractivity contribution in [3.63, 3.8) is 0 Å². The normalized spacial score (nSPS) is 9.80. The summed E-state index contributed by atoms with van der Waals surface area (Å²) in [5.41, 5.74) is 1.05. The molecule has 0 aliphatic heterocycles. The molecule has 2 heteroatoms. The molecule has 1 rings (SSSR count). The van der Waals surface area contributed by atoms with E-state index in [1.807, 2.05) is 0 Å². The summed E-state index contributed by atoms with van der Waals surface area (Å²) < 4.78 is 0. The highest BCUT2D eigenvalue weighted by Crippen LogP contribution is 2.23. The zero-order valence-electron chi connectivity index (χ0n) is 5.97. The summed E-state index contributed by atoms with van der Waals surface area (Å²) in [4.78, 5) is 0. The highest BCUT2D eigenvalue weighted by Gasteiger charge is 1.97. The molecule has 0 unspecified atom stereocenters. The smallest absolute Gasteiger partial charge is 0.181 e. The Hall–Kier alpha value is -1.18. The Morgan fingerprint density at radius 2 is 1.80 bits per heavy atom. The molecule has 0 heterocycles. The number of aryl methyl sites for hydroxylation is 2. The van der Waals surface area contributed by atoms with E-state index in [2.05, 4.69) is 0 Å². The van der Waals surface area contributed by atoms with Crippen molar-refractivity contribution in [1.29, 1.82) is 0 Å². The van der Waals surface area contributed by atoms with E-state index in [9.17, 15) is 10.2 Å². The van der Waals surface area contributed by atoms with Crippen molar-refractivity contribution in [1.82, 2.24) is 0 Å². The maximum atomic E-state index is 10.9. The fourth-order valence-corrected chi connectivity index (χ4v) is 0.763. The standard InChI is InChI=1S/C8H9O2/c1-5-3-8(10)6(2)4-7(5)9/h3-4,9H,1-2H3/p-1. The fourth-order valence-electron chi connectivity index (χ4n) is 0.763. The lowest BCUT2D eigenvalue weighted by atomic mass is 10.1. The molecule has 0 spiro atoms. The van der Waals surface area contributed by atoms with Crippen molar-refractivity contribution in [3.8, 4) is 11.5 Å². The van der Waals surface area contributed by atoms with Crippen LogP contribution in [0.25, 0.3) is 0 Å². The second-order valence-corrected chi connectivity index (χ2v) is 2.38. The van der Waals surface area contributed by atoms with Gasteiger partial charge in [0.05, 0.1) is 0 Å².